The number of imide groups is 1. The Morgan fingerprint density at radius 2 is 1.32 bits per heavy atom. The van der Waals surface area contributed by atoms with E-state index in [0.29, 0.717) is 24.0 Å². The van der Waals surface area contributed by atoms with Crippen molar-refractivity contribution in [1.82, 2.24) is 20.9 Å². The van der Waals surface area contributed by atoms with E-state index in [4.69, 9.17) is 17.2 Å². The maximum atomic E-state index is 14.4. The molecule has 0 aliphatic rings. The Kier molecular flexibility index (Phi) is 18.1. The van der Waals surface area contributed by atoms with Crippen LogP contribution in [-0.4, -0.2) is 77.0 Å². The van der Waals surface area contributed by atoms with Gasteiger partial charge < -0.3 is 33.2 Å². The van der Waals surface area contributed by atoms with Crippen LogP contribution in [0.15, 0.2) is 96.0 Å². The minimum Gasteiger partial charge on any atom is -0.370 e. The van der Waals surface area contributed by atoms with Crippen molar-refractivity contribution in [2.75, 3.05) is 6.54 Å². The van der Waals surface area contributed by atoms with Crippen LogP contribution in [0.1, 0.15) is 63.1 Å². The fourth-order valence-electron chi connectivity index (χ4n) is 6.01. The number of guanidine groups is 1. The number of aryl methyl sites for hydroxylation is 1. The Bertz CT molecular complexity index is 1870. The molecule has 0 radical (unpaired) electrons. The van der Waals surface area contributed by atoms with Gasteiger partial charge in [0.15, 0.2) is 5.96 Å². The Morgan fingerprint density at radius 3 is 1.89 bits per heavy atom. The number of halogens is 1. The fraction of sp³-hybridized carbons (Fsp3) is 0.357. The first-order valence-electron chi connectivity index (χ1n) is 18.8. The summed E-state index contributed by atoms with van der Waals surface area (Å²) in [5.41, 5.74) is 18.3. The van der Waals surface area contributed by atoms with Gasteiger partial charge in [0.05, 0.1) is 0 Å². The van der Waals surface area contributed by atoms with Crippen LogP contribution in [0, 0.1) is 11.7 Å². The molecular formula is C42H53FN8O6. The van der Waals surface area contributed by atoms with Crippen LogP contribution < -0.4 is 33.2 Å². The number of hydrogen-bond donors (Lipinski definition) is 6. The van der Waals surface area contributed by atoms with Gasteiger partial charge in [-0.3, -0.25) is 38.7 Å². The number of primary amides is 1. The van der Waals surface area contributed by atoms with Gasteiger partial charge >= 0.3 is 0 Å². The highest BCUT2D eigenvalue weighted by Gasteiger charge is 2.36. The molecule has 3 aromatic rings. The maximum absolute atomic E-state index is 14.4. The molecular weight excluding hydrogens is 732 g/mol. The van der Waals surface area contributed by atoms with E-state index in [1.54, 1.807) is 24.3 Å². The summed E-state index contributed by atoms with van der Waals surface area (Å²) in [4.78, 5) is 85.9. The third kappa shape index (κ3) is 15.7. The predicted octanol–water partition coefficient (Wildman–Crippen LogP) is 2.50. The summed E-state index contributed by atoms with van der Waals surface area (Å²) < 4.78 is 13.9. The van der Waals surface area contributed by atoms with Crippen molar-refractivity contribution in [3.05, 3.63) is 114 Å². The zero-order valence-electron chi connectivity index (χ0n) is 32.5. The minimum absolute atomic E-state index is 0.0670. The molecule has 0 fully saturated rings. The largest absolute Gasteiger partial charge is 0.370 e. The number of amides is 6. The van der Waals surface area contributed by atoms with Crippen molar-refractivity contribution in [1.29, 1.82) is 0 Å². The van der Waals surface area contributed by atoms with Crippen LogP contribution in [0.3, 0.4) is 0 Å². The zero-order valence-corrected chi connectivity index (χ0v) is 32.5. The van der Waals surface area contributed by atoms with Crippen molar-refractivity contribution in [3.8, 4) is 0 Å². The summed E-state index contributed by atoms with van der Waals surface area (Å²) in [6.45, 7) is 5.05. The quantitative estimate of drug-likeness (QED) is 0.0406. The first kappa shape index (κ1) is 45.0. The van der Waals surface area contributed by atoms with Crippen molar-refractivity contribution in [3.63, 3.8) is 0 Å². The predicted molar refractivity (Wildman–Crippen MR) is 216 cm³/mol. The van der Waals surface area contributed by atoms with Gasteiger partial charge in [-0.05, 0) is 72.9 Å². The molecule has 304 valence electrons. The first-order chi connectivity index (χ1) is 27.1. The molecule has 57 heavy (non-hydrogen) atoms. The van der Waals surface area contributed by atoms with Crippen LogP contribution in [0.25, 0.3) is 6.08 Å². The number of nitrogens with one attached hydrogen (secondary N) is 3. The number of nitrogens with two attached hydrogens (primary N) is 3. The van der Waals surface area contributed by atoms with E-state index in [0.717, 1.165) is 17.4 Å². The molecule has 4 atom stereocenters. The highest BCUT2D eigenvalue weighted by Crippen LogP contribution is 2.16. The van der Waals surface area contributed by atoms with E-state index in [9.17, 15) is 33.2 Å². The van der Waals surface area contributed by atoms with Crippen molar-refractivity contribution in [2.45, 2.75) is 83.5 Å². The minimum atomic E-state index is -1.46. The average molecular weight is 785 g/mol. The molecule has 6 amide bonds. The van der Waals surface area contributed by atoms with Gasteiger partial charge in [-0.25, -0.2) is 4.39 Å². The topological polar surface area (TPSA) is 232 Å². The van der Waals surface area contributed by atoms with E-state index in [1.165, 1.54) is 36.4 Å². The molecule has 0 heterocycles. The SMILES string of the molecule is CC(=O)N(C(=O)/C=C/c1ccccc1)C(Cc1ccc(F)cc1)C(=O)N[C@H](CCc1ccccc1)C(=O)NC(CC(C)C)C(=O)NC(CCCN=C(N)N)C(N)=O. The summed E-state index contributed by atoms with van der Waals surface area (Å²) in [6, 6.07) is 18.4. The second-order valence-corrected chi connectivity index (χ2v) is 14.0. The summed E-state index contributed by atoms with van der Waals surface area (Å²) >= 11 is 0. The number of carbonyl (C=O) groups excluding carboxylic acids is 6. The average Bonchev–Trinajstić information content (AvgIpc) is 3.17. The first-order valence-corrected chi connectivity index (χ1v) is 18.8. The number of nitrogens with zero attached hydrogens (tertiary/aromatic N) is 2. The van der Waals surface area contributed by atoms with Crippen LogP contribution in [0.5, 0.6) is 0 Å². The lowest BCUT2D eigenvalue weighted by molar-refractivity contribution is -0.148. The molecule has 0 spiro atoms. The lowest BCUT2D eigenvalue weighted by Gasteiger charge is -2.30. The number of hydrogen-bond acceptors (Lipinski definition) is 7. The molecule has 15 heteroatoms. The standard InChI is InChI=1S/C42H53FN8O6/c1-27(2)25-35(40(56)48-33(38(44)54)15-10-24-47-42(45)46)50-39(55)34(22-18-29-11-6-4-7-12-29)49-41(57)36(26-31-16-20-32(43)21-17-31)51(28(3)52)37(53)23-19-30-13-8-5-9-14-30/h4-9,11-14,16-17,19-21,23,27,33-36H,10,15,18,22,24-26H2,1-3H3,(H2,44,54)(H,48,56)(H,49,57)(H,50,55)(H4,45,46,47)/b23-19+/t33?,34-,35?,36?/m1/s1. The van der Waals surface area contributed by atoms with Crippen LogP contribution in [0.4, 0.5) is 4.39 Å². The van der Waals surface area contributed by atoms with Gasteiger partial charge in [0.2, 0.25) is 29.5 Å². The van der Waals surface area contributed by atoms with E-state index in [-0.39, 0.29) is 44.1 Å². The molecule has 0 aliphatic carbocycles. The number of aliphatic imine (C=N–C) groups is 1. The van der Waals surface area contributed by atoms with E-state index < -0.39 is 65.4 Å². The molecule has 3 aromatic carbocycles. The summed E-state index contributed by atoms with van der Waals surface area (Å²) in [5.74, 6) is -5.24. The second-order valence-electron chi connectivity index (χ2n) is 14.0. The Balaban J connectivity index is 1.95. The second kappa shape index (κ2) is 22.9. The van der Waals surface area contributed by atoms with Crippen molar-refractivity contribution in [2.24, 2.45) is 28.1 Å². The molecule has 0 saturated heterocycles. The molecule has 14 nitrogen and oxygen atoms in total. The van der Waals surface area contributed by atoms with Gasteiger partial charge in [0, 0.05) is 26.0 Å². The number of benzene rings is 3. The normalized spacial score (nSPS) is 13.1. The molecule has 0 aliphatic heterocycles. The molecule has 0 saturated carbocycles. The van der Waals surface area contributed by atoms with Crippen molar-refractivity contribution >= 4 is 47.5 Å². The lowest BCUT2D eigenvalue weighted by atomic mass is 9.99. The Morgan fingerprint density at radius 1 is 0.737 bits per heavy atom. The number of rotatable bonds is 21. The molecule has 0 aromatic heterocycles. The fourth-order valence-corrected chi connectivity index (χ4v) is 6.01. The summed E-state index contributed by atoms with van der Waals surface area (Å²) in [6.07, 6.45) is 3.53. The van der Waals surface area contributed by atoms with Crippen LogP contribution in [-0.2, 0) is 41.6 Å². The Labute approximate surface area is 332 Å². The smallest absolute Gasteiger partial charge is 0.253 e. The van der Waals surface area contributed by atoms with Gasteiger partial charge in [-0.1, -0.05) is 86.6 Å². The summed E-state index contributed by atoms with van der Waals surface area (Å²) in [5, 5.41) is 8.13. The monoisotopic (exact) mass is 784 g/mol. The van der Waals surface area contributed by atoms with E-state index in [1.807, 2.05) is 50.2 Å². The highest BCUT2D eigenvalue weighted by atomic mass is 19.1. The van der Waals surface area contributed by atoms with E-state index >= 15 is 0 Å². The van der Waals surface area contributed by atoms with Gasteiger partial charge in [0.1, 0.15) is 30.0 Å². The molecule has 3 unspecified atom stereocenters. The van der Waals surface area contributed by atoms with Crippen LogP contribution in [0.2, 0.25) is 0 Å². The molecule has 0 bridgehead atoms. The zero-order chi connectivity index (χ0) is 41.9. The third-order valence-corrected chi connectivity index (χ3v) is 8.89. The summed E-state index contributed by atoms with van der Waals surface area (Å²) in [7, 11) is 0. The van der Waals surface area contributed by atoms with E-state index in [2.05, 4.69) is 20.9 Å². The van der Waals surface area contributed by atoms with Gasteiger partial charge in [-0.15, -0.1) is 0 Å². The lowest BCUT2D eigenvalue weighted by Crippen LogP contribution is -2.59. The van der Waals surface area contributed by atoms with Gasteiger partial charge in [0.25, 0.3) is 5.91 Å². The highest BCUT2D eigenvalue weighted by molar-refractivity contribution is 6.06. The molecule has 3 rings (SSSR count). The maximum Gasteiger partial charge on any atom is 0.253 e. The van der Waals surface area contributed by atoms with Crippen molar-refractivity contribution < 1.29 is 33.2 Å². The third-order valence-electron chi connectivity index (χ3n) is 8.89. The Hall–Kier alpha value is -6.38. The number of carbonyl (C=O) groups is 6. The molecule has 9 N–H and O–H groups in total. The van der Waals surface area contributed by atoms with Gasteiger partial charge in [-0.2, -0.15) is 0 Å². The van der Waals surface area contributed by atoms with Crippen LogP contribution >= 0.6 is 0 Å².